The number of alkyl halides is 2. The third kappa shape index (κ3) is 8.51. The number of carbonyl (C=O) groups excluding carboxylic acids is 4. The van der Waals surface area contributed by atoms with E-state index in [0.29, 0.717) is 74.0 Å². The first-order valence-electron chi connectivity index (χ1n) is 20.4. The average Bonchev–Trinajstić information content (AvgIpc) is 4.07. The molecule has 2 aliphatic carbocycles. The maximum atomic E-state index is 15.0. The van der Waals surface area contributed by atoms with Crippen LogP contribution in [0.5, 0.6) is 17.4 Å². The molecule has 4 amide bonds. The number of benzene rings is 1. The van der Waals surface area contributed by atoms with Gasteiger partial charge < -0.3 is 34.5 Å². The molecular weight excluding hydrogens is 793 g/mol. The Morgan fingerprint density at radius 1 is 1.12 bits per heavy atom. The fraction of sp³-hybridized carbons (Fsp3) is 0.634. The van der Waals surface area contributed by atoms with Crippen LogP contribution in [0.15, 0.2) is 36.5 Å². The number of ether oxygens (including phenoxy) is 4. The van der Waals surface area contributed by atoms with Gasteiger partial charge in [-0.25, -0.2) is 27.0 Å². The van der Waals surface area contributed by atoms with Gasteiger partial charge in [-0.15, -0.1) is 0 Å². The molecule has 3 N–H and O–H groups in total. The summed E-state index contributed by atoms with van der Waals surface area (Å²) in [6, 6.07) is 2.71. The molecule has 0 radical (unpaired) electrons. The number of hydrogen-bond acceptors (Lipinski definition) is 11. The van der Waals surface area contributed by atoms with Crippen LogP contribution in [0.4, 0.5) is 13.6 Å². The van der Waals surface area contributed by atoms with Gasteiger partial charge in [-0.3, -0.25) is 19.1 Å². The predicted octanol–water partition coefficient (Wildman–Crippen LogP) is 4.77. The molecule has 322 valence electrons. The Kier molecular flexibility index (Phi) is 11.5. The van der Waals surface area contributed by atoms with Crippen molar-refractivity contribution in [3.05, 3.63) is 36.5 Å². The topological polar surface area (TPSA) is 192 Å². The normalized spacial score (nSPS) is 29.9. The van der Waals surface area contributed by atoms with Crippen molar-refractivity contribution in [3.8, 4) is 17.4 Å². The lowest BCUT2D eigenvalue weighted by Crippen LogP contribution is -2.59. The van der Waals surface area contributed by atoms with Crippen molar-refractivity contribution < 1.29 is 55.3 Å². The summed E-state index contributed by atoms with van der Waals surface area (Å²) >= 11 is 0. The Balaban J connectivity index is 1.24. The van der Waals surface area contributed by atoms with Crippen molar-refractivity contribution in [2.75, 3.05) is 19.8 Å². The first kappa shape index (κ1) is 42.4. The highest BCUT2D eigenvalue weighted by Gasteiger charge is 2.63. The fourth-order valence-corrected chi connectivity index (χ4v) is 9.56. The number of allylic oxidation sites excluding steroid dienone is 1. The summed E-state index contributed by atoms with van der Waals surface area (Å²) < 4.78 is 78.5. The first-order valence-corrected chi connectivity index (χ1v) is 21.8. The number of sulfonamides is 1. The molecule has 7 rings (SSSR count). The molecule has 2 aromatic rings. The molecule has 0 spiro atoms. The highest BCUT2D eigenvalue weighted by atomic mass is 32.2. The van der Waals surface area contributed by atoms with Crippen LogP contribution in [0.3, 0.4) is 0 Å². The minimum atomic E-state index is -4.06. The summed E-state index contributed by atoms with van der Waals surface area (Å²) in [6.45, 7) is 8.14. The van der Waals surface area contributed by atoms with Crippen LogP contribution < -0.4 is 29.6 Å². The number of rotatable bonds is 9. The zero-order valence-electron chi connectivity index (χ0n) is 33.9. The van der Waals surface area contributed by atoms with E-state index >= 15 is 0 Å². The minimum Gasteiger partial charge on any atom is -0.486 e. The largest absolute Gasteiger partial charge is 0.486 e. The van der Waals surface area contributed by atoms with Gasteiger partial charge in [0.2, 0.25) is 27.7 Å². The maximum absolute atomic E-state index is 15.0. The van der Waals surface area contributed by atoms with Crippen molar-refractivity contribution >= 4 is 44.6 Å². The van der Waals surface area contributed by atoms with E-state index in [1.807, 2.05) is 26.0 Å². The molecule has 1 saturated heterocycles. The molecule has 5 aliphatic rings. The second kappa shape index (κ2) is 16.0. The second-order valence-corrected chi connectivity index (χ2v) is 19.6. The van der Waals surface area contributed by atoms with E-state index in [4.69, 9.17) is 18.9 Å². The summed E-state index contributed by atoms with van der Waals surface area (Å²) in [5.74, 6) is -1.95. The number of hydrogen-bond donors (Lipinski definition) is 3. The highest BCUT2D eigenvalue weighted by Crippen LogP contribution is 2.48. The van der Waals surface area contributed by atoms with Crippen molar-refractivity contribution in [1.82, 2.24) is 25.2 Å². The highest BCUT2D eigenvalue weighted by molar-refractivity contribution is 7.91. The van der Waals surface area contributed by atoms with Crippen molar-refractivity contribution in [2.24, 2.45) is 17.8 Å². The molecule has 2 saturated carbocycles. The molecule has 4 heterocycles. The molecule has 0 bridgehead atoms. The van der Waals surface area contributed by atoms with Gasteiger partial charge >= 0.3 is 6.09 Å². The molecule has 3 aliphatic heterocycles. The number of amides is 4. The van der Waals surface area contributed by atoms with Gasteiger partial charge in [0.1, 0.15) is 36.9 Å². The van der Waals surface area contributed by atoms with Crippen LogP contribution in [-0.2, 0) is 29.1 Å². The summed E-state index contributed by atoms with van der Waals surface area (Å²) in [5, 5.41) is 6.71. The molecule has 18 heteroatoms. The monoisotopic (exact) mass is 845 g/mol. The SMILES string of the molecule is CC[C@@H]1C[C@H](C)CC/C=C\[C@@H]2C[C@@]2(C(=O)NS(=O)(=O)C2(C)CC2)NC(=O)[C@@H]2C[C@@H](Oc3nccc4c5c(ccc34)OCCO5)CN2C(=O)[C@H]1NC(=O)OC(C)(C)C(F)F. The van der Waals surface area contributed by atoms with Gasteiger partial charge in [0.15, 0.2) is 17.1 Å². The second-order valence-electron chi connectivity index (χ2n) is 17.4. The van der Waals surface area contributed by atoms with Crippen LogP contribution in [-0.4, -0.2) is 102 Å². The van der Waals surface area contributed by atoms with Crippen LogP contribution in [0.25, 0.3) is 10.8 Å². The number of pyridine rings is 1. The molecule has 15 nitrogen and oxygen atoms in total. The predicted molar refractivity (Wildman–Crippen MR) is 210 cm³/mol. The molecule has 7 atom stereocenters. The number of nitrogens with zero attached hydrogens (tertiary/aromatic N) is 2. The number of carbonyl (C=O) groups is 4. The third-order valence-electron chi connectivity index (χ3n) is 12.4. The first-order chi connectivity index (χ1) is 27.9. The molecule has 0 unspecified atom stereocenters. The quantitative estimate of drug-likeness (QED) is 0.295. The third-order valence-corrected chi connectivity index (χ3v) is 14.6. The summed E-state index contributed by atoms with van der Waals surface area (Å²) in [4.78, 5) is 62.6. The number of alkyl carbamates (subject to hydrolysis) is 1. The lowest BCUT2D eigenvalue weighted by Gasteiger charge is -2.34. The van der Waals surface area contributed by atoms with E-state index in [1.165, 1.54) is 4.90 Å². The van der Waals surface area contributed by atoms with Gasteiger partial charge in [0, 0.05) is 29.3 Å². The van der Waals surface area contributed by atoms with Crippen molar-refractivity contribution in [3.63, 3.8) is 0 Å². The van der Waals surface area contributed by atoms with Crippen molar-refractivity contribution in [2.45, 2.75) is 126 Å². The van der Waals surface area contributed by atoms with Crippen molar-refractivity contribution in [1.29, 1.82) is 0 Å². The Morgan fingerprint density at radius 2 is 1.86 bits per heavy atom. The summed E-state index contributed by atoms with van der Waals surface area (Å²) in [6.07, 6.45) is 3.19. The Morgan fingerprint density at radius 3 is 2.58 bits per heavy atom. The molecule has 1 aromatic carbocycles. The number of aromatic nitrogens is 1. The zero-order chi connectivity index (χ0) is 42.5. The fourth-order valence-electron chi connectivity index (χ4n) is 8.25. The van der Waals surface area contributed by atoms with Gasteiger partial charge in [-0.05, 0) is 89.3 Å². The molecule has 59 heavy (non-hydrogen) atoms. The Labute approximate surface area is 342 Å². The maximum Gasteiger partial charge on any atom is 0.408 e. The summed E-state index contributed by atoms with van der Waals surface area (Å²) in [7, 11) is -4.06. The van der Waals surface area contributed by atoms with E-state index in [9.17, 15) is 36.4 Å². The van der Waals surface area contributed by atoms with Crippen LogP contribution in [0.2, 0.25) is 0 Å². The van der Waals surface area contributed by atoms with E-state index in [1.54, 1.807) is 31.3 Å². The van der Waals surface area contributed by atoms with E-state index in [0.717, 1.165) is 13.8 Å². The van der Waals surface area contributed by atoms with Gasteiger partial charge in [0.25, 0.3) is 12.3 Å². The molecular formula is C41H53F2N5O10S. The van der Waals surface area contributed by atoms with Gasteiger partial charge in [-0.1, -0.05) is 32.4 Å². The number of fused-ring (bicyclic) bond motifs is 5. The van der Waals surface area contributed by atoms with Gasteiger partial charge in [-0.2, -0.15) is 0 Å². The van der Waals surface area contributed by atoms with Crippen LogP contribution in [0, 0.1) is 17.8 Å². The molecule has 1 aromatic heterocycles. The van der Waals surface area contributed by atoms with Crippen LogP contribution in [0.1, 0.15) is 86.0 Å². The minimum absolute atomic E-state index is 0.0276. The van der Waals surface area contributed by atoms with E-state index in [-0.39, 0.29) is 31.2 Å². The van der Waals surface area contributed by atoms with E-state index < -0.39 is 86.2 Å². The van der Waals surface area contributed by atoms with Gasteiger partial charge in [0.05, 0.1) is 11.3 Å². The van der Waals surface area contributed by atoms with E-state index in [2.05, 4.69) is 20.3 Å². The number of nitrogens with one attached hydrogen (secondary N) is 3. The summed E-state index contributed by atoms with van der Waals surface area (Å²) in [5.41, 5.74) is -3.77. The average molecular weight is 846 g/mol. The Hall–Kier alpha value is -4.74. The van der Waals surface area contributed by atoms with Crippen LogP contribution >= 0.6 is 0 Å². The molecule has 3 fully saturated rings. The lowest BCUT2D eigenvalue weighted by molar-refractivity contribution is -0.142. The Bertz CT molecular complexity index is 2130. The lowest BCUT2D eigenvalue weighted by atomic mass is 9.85. The standard InChI is InChI=1S/C41H53F2N5O10S/c1-6-24-19-23(2)9-7-8-10-25-21-41(25,37(51)47-59(53,54)40(5)14-15-40)46-33(49)29-20-26(22-48(29)35(50)31(24)45-38(52)58-39(3,4)36(42)43)57-34-28-11-12-30-32(56-18-17-55-30)27(28)13-16-44-34/h8,10-13,16,23-26,29,31,36H,6-7,9,14-15,17-22H2,1-5H3,(H,45,52)(H,46,49)(H,47,51)/b10-8-/t23-,24-,25-,26-,29+,31+,41-/m1/s1. The zero-order valence-corrected chi connectivity index (χ0v) is 34.7. The number of halogens is 2. The smallest absolute Gasteiger partial charge is 0.408 e.